The summed E-state index contributed by atoms with van der Waals surface area (Å²) < 4.78 is 0. The molecule has 0 bridgehead atoms. The van der Waals surface area contributed by atoms with Crippen LogP contribution in [0, 0.1) is 0 Å². The van der Waals surface area contributed by atoms with Crippen LogP contribution in [0.2, 0.25) is 0 Å². The molecule has 18 heavy (non-hydrogen) atoms. The van der Waals surface area contributed by atoms with Gasteiger partial charge in [0, 0.05) is 13.1 Å². The van der Waals surface area contributed by atoms with Gasteiger partial charge in [0.2, 0.25) is 0 Å². The fourth-order valence-corrected chi connectivity index (χ4v) is 2.22. The SMILES string of the molecule is ONC=Nc1ccc(N2CCCCCCC2)nc1. The molecule has 2 heterocycles. The first-order valence-electron chi connectivity index (χ1n) is 6.53. The highest BCUT2D eigenvalue weighted by molar-refractivity contribution is 5.59. The van der Waals surface area contributed by atoms with Gasteiger partial charge in [-0.05, 0) is 25.0 Å². The molecule has 0 radical (unpaired) electrons. The van der Waals surface area contributed by atoms with Gasteiger partial charge < -0.3 is 4.90 Å². The summed E-state index contributed by atoms with van der Waals surface area (Å²) >= 11 is 0. The highest BCUT2D eigenvalue weighted by Crippen LogP contribution is 2.19. The molecule has 0 saturated carbocycles. The van der Waals surface area contributed by atoms with Crippen LogP contribution in [-0.2, 0) is 0 Å². The minimum Gasteiger partial charge on any atom is -0.357 e. The van der Waals surface area contributed by atoms with Gasteiger partial charge in [-0.2, -0.15) is 0 Å². The number of rotatable bonds is 3. The number of hydrogen-bond donors (Lipinski definition) is 2. The molecule has 1 aromatic heterocycles. The smallest absolute Gasteiger partial charge is 0.128 e. The molecule has 5 nitrogen and oxygen atoms in total. The van der Waals surface area contributed by atoms with Gasteiger partial charge in [0.15, 0.2) is 0 Å². The van der Waals surface area contributed by atoms with Crippen LogP contribution >= 0.6 is 0 Å². The van der Waals surface area contributed by atoms with Crippen molar-refractivity contribution in [3.05, 3.63) is 18.3 Å². The molecule has 1 fully saturated rings. The molecule has 98 valence electrons. The molecule has 5 heteroatoms. The first kappa shape index (κ1) is 12.8. The molecule has 0 unspecified atom stereocenters. The van der Waals surface area contributed by atoms with Gasteiger partial charge in [0.25, 0.3) is 0 Å². The monoisotopic (exact) mass is 248 g/mol. The zero-order valence-corrected chi connectivity index (χ0v) is 10.5. The molecule has 2 N–H and O–H groups in total. The van der Waals surface area contributed by atoms with Crippen molar-refractivity contribution in [2.45, 2.75) is 32.1 Å². The summed E-state index contributed by atoms with van der Waals surface area (Å²) in [5.74, 6) is 1.02. The molecule has 0 aliphatic carbocycles. The van der Waals surface area contributed by atoms with E-state index >= 15 is 0 Å². The van der Waals surface area contributed by atoms with Crippen molar-refractivity contribution in [2.75, 3.05) is 18.0 Å². The molecular weight excluding hydrogens is 228 g/mol. The van der Waals surface area contributed by atoms with Crippen LogP contribution in [0.15, 0.2) is 23.3 Å². The van der Waals surface area contributed by atoms with Crippen LogP contribution in [-0.4, -0.2) is 29.6 Å². The second kappa shape index (κ2) is 6.96. The summed E-state index contributed by atoms with van der Waals surface area (Å²) in [6, 6.07) is 3.90. The lowest BCUT2D eigenvalue weighted by molar-refractivity contribution is 0.240. The van der Waals surface area contributed by atoms with E-state index in [-0.39, 0.29) is 0 Å². The van der Waals surface area contributed by atoms with Crippen LogP contribution in [0.5, 0.6) is 0 Å². The fourth-order valence-electron chi connectivity index (χ4n) is 2.22. The third kappa shape index (κ3) is 3.70. The second-order valence-electron chi connectivity index (χ2n) is 4.52. The molecule has 1 saturated heterocycles. The third-order valence-corrected chi connectivity index (χ3v) is 3.18. The zero-order chi connectivity index (χ0) is 12.6. The summed E-state index contributed by atoms with van der Waals surface area (Å²) in [4.78, 5) is 10.8. The average Bonchev–Trinajstić information content (AvgIpc) is 2.37. The van der Waals surface area contributed by atoms with Gasteiger partial charge in [-0.15, -0.1) is 0 Å². The minimum atomic E-state index is 0.729. The quantitative estimate of drug-likeness (QED) is 0.490. The van der Waals surface area contributed by atoms with Crippen molar-refractivity contribution >= 4 is 17.8 Å². The van der Waals surface area contributed by atoms with Crippen LogP contribution < -0.4 is 10.4 Å². The van der Waals surface area contributed by atoms with Crippen LogP contribution in [0.25, 0.3) is 0 Å². The molecule has 1 aliphatic rings. The largest absolute Gasteiger partial charge is 0.357 e. The second-order valence-corrected chi connectivity index (χ2v) is 4.52. The first-order chi connectivity index (χ1) is 8.90. The lowest BCUT2D eigenvalue weighted by Gasteiger charge is -2.25. The Kier molecular flexibility index (Phi) is 4.96. The Morgan fingerprint density at radius 1 is 1.17 bits per heavy atom. The topological polar surface area (TPSA) is 60.8 Å². The van der Waals surface area contributed by atoms with Gasteiger partial charge in [-0.1, -0.05) is 19.3 Å². The summed E-state index contributed by atoms with van der Waals surface area (Å²) in [5.41, 5.74) is 2.61. The lowest BCUT2D eigenvalue weighted by Crippen LogP contribution is -2.27. The number of pyridine rings is 1. The maximum Gasteiger partial charge on any atom is 0.128 e. The van der Waals surface area contributed by atoms with E-state index in [0.29, 0.717) is 0 Å². The van der Waals surface area contributed by atoms with E-state index in [0.717, 1.165) is 24.6 Å². The fraction of sp³-hybridized carbons (Fsp3) is 0.538. The number of nitrogens with one attached hydrogen (secondary N) is 1. The minimum absolute atomic E-state index is 0.729. The third-order valence-electron chi connectivity index (χ3n) is 3.18. The van der Waals surface area contributed by atoms with Crippen molar-refractivity contribution < 1.29 is 5.21 Å². The Labute approximate surface area is 108 Å². The number of hydroxylamine groups is 1. The Bertz CT molecular complexity index is 369. The Morgan fingerprint density at radius 2 is 1.89 bits per heavy atom. The highest BCUT2D eigenvalue weighted by atomic mass is 16.5. The van der Waals surface area contributed by atoms with E-state index in [2.05, 4.69) is 14.9 Å². The Morgan fingerprint density at radius 3 is 2.50 bits per heavy atom. The average molecular weight is 248 g/mol. The molecule has 2 rings (SSSR count). The van der Waals surface area contributed by atoms with Crippen molar-refractivity contribution in [1.29, 1.82) is 0 Å². The molecule has 0 spiro atoms. The van der Waals surface area contributed by atoms with Crippen molar-refractivity contribution in [3.8, 4) is 0 Å². The molecule has 1 aliphatic heterocycles. The Balaban J connectivity index is 2.00. The maximum absolute atomic E-state index is 8.42. The predicted octanol–water partition coefficient (Wildman–Crippen LogP) is 2.49. The summed E-state index contributed by atoms with van der Waals surface area (Å²) in [5, 5.41) is 8.42. The van der Waals surface area contributed by atoms with E-state index in [4.69, 9.17) is 5.21 Å². The summed E-state index contributed by atoms with van der Waals surface area (Å²) in [7, 11) is 0. The molecule has 0 aromatic carbocycles. The van der Waals surface area contributed by atoms with Crippen molar-refractivity contribution in [1.82, 2.24) is 10.5 Å². The van der Waals surface area contributed by atoms with Gasteiger partial charge in [0.1, 0.15) is 12.2 Å². The summed E-state index contributed by atoms with van der Waals surface area (Å²) in [6.45, 7) is 2.18. The van der Waals surface area contributed by atoms with Gasteiger partial charge in [-0.25, -0.2) is 9.98 Å². The van der Waals surface area contributed by atoms with E-state index in [9.17, 15) is 0 Å². The predicted molar refractivity (Wildman–Crippen MR) is 72.6 cm³/mol. The molecular formula is C13H20N4O. The van der Waals surface area contributed by atoms with Crippen LogP contribution in [0.4, 0.5) is 11.5 Å². The van der Waals surface area contributed by atoms with E-state index in [1.54, 1.807) is 6.20 Å². The van der Waals surface area contributed by atoms with Crippen LogP contribution in [0.3, 0.4) is 0 Å². The van der Waals surface area contributed by atoms with E-state index in [1.165, 1.54) is 38.4 Å². The molecule has 0 amide bonds. The van der Waals surface area contributed by atoms with Crippen LogP contribution in [0.1, 0.15) is 32.1 Å². The van der Waals surface area contributed by atoms with Gasteiger partial charge in [-0.3, -0.25) is 10.7 Å². The number of anilines is 1. The number of aromatic nitrogens is 1. The zero-order valence-electron chi connectivity index (χ0n) is 10.5. The maximum atomic E-state index is 8.42. The standard InChI is InChI=1S/C13H20N4O/c18-16-11-15-12-6-7-13(14-10-12)17-8-4-2-1-3-5-9-17/h6-7,10-11,18H,1-5,8-9H2,(H,15,16). The van der Waals surface area contributed by atoms with E-state index < -0.39 is 0 Å². The first-order valence-corrected chi connectivity index (χ1v) is 6.53. The van der Waals surface area contributed by atoms with Crippen molar-refractivity contribution in [2.24, 2.45) is 4.99 Å². The number of hydrogen-bond acceptors (Lipinski definition) is 4. The number of aliphatic imine (C=N–C) groups is 1. The van der Waals surface area contributed by atoms with Gasteiger partial charge in [0.05, 0.1) is 11.9 Å². The Hall–Kier alpha value is -1.62. The molecule has 1 aromatic rings. The van der Waals surface area contributed by atoms with Gasteiger partial charge >= 0.3 is 0 Å². The number of nitrogens with zero attached hydrogens (tertiary/aromatic N) is 3. The highest BCUT2D eigenvalue weighted by Gasteiger charge is 2.09. The summed E-state index contributed by atoms with van der Waals surface area (Å²) in [6.07, 6.45) is 9.45. The lowest BCUT2D eigenvalue weighted by atomic mass is 10.1. The van der Waals surface area contributed by atoms with E-state index in [1.807, 2.05) is 17.6 Å². The van der Waals surface area contributed by atoms with Crippen molar-refractivity contribution in [3.63, 3.8) is 0 Å². The molecule has 0 atom stereocenters. The normalized spacial score (nSPS) is 17.5.